The number of methoxy groups -OCH3 is 1. The van der Waals surface area contributed by atoms with E-state index < -0.39 is 10.8 Å². The summed E-state index contributed by atoms with van der Waals surface area (Å²) in [6.45, 7) is 0.571. The molecule has 1 amide bonds. The maximum Gasteiger partial charge on any atom is 0.286 e. The summed E-state index contributed by atoms with van der Waals surface area (Å²) in [5.74, 6) is 1.43. The number of amides is 1. The predicted molar refractivity (Wildman–Crippen MR) is 109 cm³/mol. The first-order valence-electron chi connectivity index (χ1n) is 9.09. The number of carbonyl (C=O) groups is 1. The summed E-state index contributed by atoms with van der Waals surface area (Å²) in [6, 6.07) is 20.5. The molecule has 0 saturated carbocycles. The van der Waals surface area contributed by atoms with Crippen molar-refractivity contribution in [2.45, 2.75) is 23.5 Å². The molecule has 3 rings (SSSR count). The van der Waals surface area contributed by atoms with Gasteiger partial charge in [-0.15, -0.1) is 0 Å². The molecule has 6 heteroatoms. The molecular weight excluding hydrogens is 374 g/mol. The lowest BCUT2D eigenvalue weighted by atomic mass is 10.1. The highest BCUT2D eigenvalue weighted by molar-refractivity contribution is 7.84. The lowest BCUT2D eigenvalue weighted by Crippen LogP contribution is -2.24. The van der Waals surface area contributed by atoms with E-state index in [2.05, 4.69) is 17.4 Å². The fraction of sp³-hybridized carbons (Fsp3) is 0.227. The monoisotopic (exact) mass is 397 g/mol. The van der Waals surface area contributed by atoms with Crippen LogP contribution in [0, 0.1) is 0 Å². The van der Waals surface area contributed by atoms with E-state index in [1.165, 1.54) is 5.56 Å². The lowest BCUT2D eigenvalue weighted by Gasteiger charge is -2.04. The summed E-state index contributed by atoms with van der Waals surface area (Å²) in [5.41, 5.74) is 1.25. The van der Waals surface area contributed by atoms with Gasteiger partial charge in [0.25, 0.3) is 5.91 Å². The van der Waals surface area contributed by atoms with E-state index in [1.54, 1.807) is 43.5 Å². The fourth-order valence-corrected chi connectivity index (χ4v) is 3.76. The molecule has 146 valence electrons. The first-order valence-corrected chi connectivity index (χ1v) is 10.4. The molecule has 1 aromatic heterocycles. The minimum Gasteiger partial charge on any atom is -0.497 e. The van der Waals surface area contributed by atoms with Crippen LogP contribution in [0.4, 0.5) is 0 Å². The Morgan fingerprint density at radius 3 is 2.50 bits per heavy atom. The van der Waals surface area contributed by atoms with Crippen molar-refractivity contribution in [3.8, 4) is 5.75 Å². The number of carbonyl (C=O) groups excluding carboxylic acids is 1. The van der Waals surface area contributed by atoms with Gasteiger partial charge in [-0.3, -0.25) is 9.00 Å². The molecule has 0 bridgehead atoms. The van der Waals surface area contributed by atoms with Crippen molar-refractivity contribution in [3.05, 3.63) is 83.8 Å². The van der Waals surface area contributed by atoms with E-state index in [9.17, 15) is 9.00 Å². The zero-order chi connectivity index (χ0) is 19.8. The number of benzene rings is 2. The number of hydrogen-bond donors (Lipinski definition) is 1. The largest absolute Gasteiger partial charge is 0.497 e. The van der Waals surface area contributed by atoms with E-state index in [0.717, 1.165) is 12.8 Å². The second-order valence-corrected chi connectivity index (χ2v) is 7.73. The summed E-state index contributed by atoms with van der Waals surface area (Å²) >= 11 is 0. The molecule has 0 radical (unpaired) electrons. The van der Waals surface area contributed by atoms with Gasteiger partial charge in [-0.25, -0.2) is 0 Å². The van der Waals surface area contributed by atoms with Crippen molar-refractivity contribution in [3.63, 3.8) is 0 Å². The van der Waals surface area contributed by atoms with Crippen LogP contribution in [0.5, 0.6) is 5.75 Å². The van der Waals surface area contributed by atoms with Crippen molar-refractivity contribution in [2.75, 3.05) is 13.7 Å². The molecule has 1 atom stereocenters. The van der Waals surface area contributed by atoms with Crippen LogP contribution in [0.2, 0.25) is 0 Å². The molecule has 0 aliphatic rings. The third-order valence-electron chi connectivity index (χ3n) is 4.25. The maximum absolute atomic E-state index is 12.4. The van der Waals surface area contributed by atoms with Gasteiger partial charge in [-0.1, -0.05) is 30.3 Å². The van der Waals surface area contributed by atoms with E-state index >= 15 is 0 Å². The number of aryl methyl sites for hydroxylation is 1. The average Bonchev–Trinajstić information content (AvgIpc) is 3.20. The van der Waals surface area contributed by atoms with Gasteiger partial charge in [0.15, 0.2) is 5.76 Å². The van der Waals surface area contributed by atoms with Crippen molar-refractivity contribution < 1.29 is 18.2 Å². The lowest BCUT2D eigenvalue weighted by molar-refractivity contribution is 0.0924. The van der Waals surface area contributed by atoms with Crippen LogP contribution < -0.4 is 10.1 Å². The van der Waals surface area contributed by atoms with E-state index in [0.29, 0.717) is 22.9 Å². The molecule has 0 unspecified atom stereocenters. The molecule has 1 N–H and O–H groups in total. The van der Waals surface area contributed by atoms with Crippen molar-refractivity contribution in [1.29, 1.82) is 0 Å². The SMILES string of the molecule is COc1ccc([S@](=O)Cc2ccc(C(=O)NCCCc3ccccc3)o2)cc1. The first-order chi connectivity index (χ1) is 13.7. The second kappa shape index (κ2) is 9.90. The number of furan rings is 1. The second-order valence-electron chi connectivity index (χ2n) is 6.28. The van der Waals surface area contributed by atoms with Crippen molar-refractivity contribution in [2.24, 2.45) is 0 Å². The predicted octanol–water partition coefficient (Wildman–Crippen LogP) is 3.96. The number of rotatable bonds is 9. The van der Waals surface area contributed by atoms with E-state index in [-0.39, 0.29) is 17.4 Å². The number of hydrogen-bond acceptors (Lipinski definition) is 4. The summed E-state index contributed by atoms with van der Waals surface area (Å²) in [7, 11) is 0.333. The Morgan fingerprint density at radius 2 is 1.79 bits per heavy atom. The molecule has 28 heavy (non-hydrogen) atoms. The highest BCUT2D eigenvalue weighted by atomic mass is 32.2. The van der Waals surface area contributed by atoms with Crippen LogP contribution in [0.3, 0.4) is 0 Å². The smallest absolute Gasteiger partial charge is 0.286 e. The van der Waals surface area contributed by atoms with Crippen LogP contribution in [-0.2, 0) is 23.0 Å². The van der Waals surface area contributed by atoms with Gasteiger partial charge < -0.3 is 14.5 Å². The minimum atomic E-state index is -1.25. The topological polar surface area (TPSA) is 68.5 Å². The molecule has 5 nitrogen and oxygen atoms in total. The zero-order valence-electron chi connectivity index (χ0n) is 15.7. The molecule has 0 spiro atoms. The Morgan fingerprint density at radius 1 is 1.04 bits per heavy atom. The highest BCUT2D eigenvalue weighted by Gasteiger charge is 2.13. The van der Waals surface area contributed by atoms with Gasteiger partial charge in [-0.2, -0.15) is 0 Å². The van der Waals surface area contributed by atoms with E-state index in [1.807, 2.05) is 18.2 Å². The molecule has 0 aliphatic heterocycles. The van der Waals surface area contributed by atoms with Crippen LogP contribution in [0.15, 0.2) is 76.0 Å². The summed E-state index contributed by atoms with van der Waals surface area (Å²) in [6.07, 6.45) is 1.76. The number of nitrogens with one attached hydrogen (secondary N) is 1. The summed E-state index contributed by atoms with van der Waals surface area (Å²) in [5, 5.41) is 2.86. The molecule has 0 saturated heterocycles. The Labute approximate surface area is 167 Å². The Hall–Kier alpha value is -2.86. The van der Waals surface area contributed by atoms with Gasteiger partial charge in [0.1, 0.15) is 11.5 Å². The Bertz CT molecular complexity index is 919. The van der Waals surface area contributed by atoms with Gasteiger partial charge in [-0.05, 0) is 54.8 Å². The maximum atomic E-state index is 12.4. The van der Waals surface area contributed by atoms with Crippen LogP contribution >= 0.6 is 0 Å². The van der Waals surface area contributed by atoms with Crippen molar-refractivity contribution >= 4 is 16.7 Å². The van der Waals surface area contributed by atoms with Crippen LogP contribution in [0.25, 0.3) is 0 Å². The van der Waals surface area contributed by atoms with E-state index in [4.69, 9.17) is 9.15 Å². The van der Waals surface area contributed by atoms with Gasteiger partial charge >= 0.3 is 0 Å². The zero-order valence-corrected chi connectivity index (χ0v) is 16.5. The molecule has 3 aromatic rings. The Kier molecular flexibility index (Phi) is 7.03. The van der Waals surface area contributed by atoms with Gasteiger partial charge in [0.05, 0.1) is 23.7 Å². The fourth-order valence-electron chi connectivity index (χ4n) is 2.74. The molecule has 0 aliphatic carbocycles. The van der Waals surface area contributed by atoms with Crippen LogP contribution in [0.1, 0.15) is 28.3 Å². The first kappa shape index (κ1) is 19.9. The normalized spacial score (nSPS) is 11.8. The number of ether oxygens (including phenoxy) is 1. The minimum absolute atomic E-state index is 0.216. The highest BCUT2D eigenvalue weighted by Crippen LogP contribution is 2.18. The van der Waals surface area contributed by atoms with Crippen LogP contribution in [-0.4, -0.2) is 23.8 Å². The summed E-state index contributed by atoms with van der Waals surface area (Å²) in [4.78, 5) is 12.9. The molecule has 1 heterocycles. The van der Waals surface area contributed by atoms with Gasteiger partial charge in [0, 0.05) is 11.4 Å². The molecule has 2 aromatic carbocycles. The molecule has 0 fully saturated rings. The quantitative estimate of drug-likeness (QED) is 0.555. The Balaban J connectivity index is 1.47. The summed E-state index contributed by atoms with van der Waals surface area (Å²) < 4.78 is 23.1. The van der Waals surface area contributed by atoms with Gasteiger partial charge in [0.2, 0.25) is 0 Å². The van der Waals surface area contributed by atoms with Crippen molar-refractivity contribution in [1.82, 2.24) is 5.32 Å². The average molecular weight is 397 g/mol. The third kappa shape index (κ3) is 5.57. The third-order valence-corrected chi connectivity index (χ3v) is 5.60. The standard InChI is InChI=1S/C22H23NO4S/c1-26-18-9-12-20(13-10-18)28(25)16-19-11-14-21(27-19)22(24)23-15-5-8-17-6-3-2-4-7-17/h2-4,6-7,9-14H,5,8,15-16H2,1H3,(H,23,24)/t28-/m1/s1. The molecular formula is C22H23NO4S.